The van der Waals surface area contributed by atoms with Crippen LogP contribution in [0, 0.1) is 12.8 Å². The van der Waals surface area contributed by atoms with E-state index in [1.54, 1.807) is 0 Å². The largest absolute Gasteiger partial charge is 0.352 e. The van der Waals surface area contributed by atoms with Crippen LogP contribution in [0.3, 0.4) is 0 Å². The highest BCUT2D eigenvalue weighted by Gasteiger charge is 2.36. The second kappa shape index (κ2) is 7.51. The molecule has 130 valence electrons. The minimum Gasteiger partial charge on any atom is -0.352 e. The van der Waals surface area contributed by atoms with Crippen molar-refractivity contribution >= 4 is 11.8 Å². The maximum atomic E-state index is 12.4. The molecule has 1 aliphatic rings. The van der Waals surface area contributed by atoms with Gasteiger partial charge in [0.05, 0.1) is 12.0 Å². The van der Waals surface area contributed by atoms with Gasteiger partial charge in [-0.15, -0.1) is 0 Å². The first-order valence-electron chi connectivity index (χ1n) is 8.72. The van der Waals surface area contributed by atoms with Crippen LogP contribution in [0.4, 0.5) is 0 Å². The fourth-order valence-corrected chi connectivity index (χ4v) is 3.23. The molecule has 2 aromatic carbocycles. The molecule has 2 unspecified atom stereocenters. The highest BCUT2D eigenvalue weighted by molar-refractivity contribution is 5.89. The molecule has 1 saturated heterocycles. The zero-order chi connectivity index (χ0) is 17.8. The van der Waals surface area contributed by atoms with Gasteiger partial charge in [-0.1, -0.05) is 60.2 Å². The van der Waals surface area contributed by atoms with Crippen LogP contribution in [0.1, 0.15) is 36.1 Å². The molecule has 1 heterocycles. The van der Waals surface area contributed by atoms with E-state index in [9.17, 15) is 9.59 Å². The van der Waals surface area contributed by atoms with Gasteiger partial charge in [-0.3, -0.25) is 9.59 Å². The molecule has 0 aromatic heterocycles. The van der Waals surface area contributed by atoms with Crippen molar-refractivity contribution in [1.82, 2.24) is 10.2 Å². The summed E-state index contributed by atoms with van der Waals surface area (Å²) in [6.45, 7) is 5.03. The zero-order valence-corrected chi connectivity index (χ0v) is 14.7. The van der Waals surface area contributed by atoms with Crippen LogP contribution in [0.25, 0.3) is 0 Å². The molecule has 4 nitrogen and oxygen atoms in total. The zero-order valence-electron chi connectivity index (χ0n) is 14.7. The Labute approximate surface area is 148 Å². The first kappa shape index (κ1) is 17.2. The molecule has 1 aliphatic heterocycles. The Morgan fingerprint density at radius 3 is 2.52 bits per heavy atom. The lowest BCUT2D eigenvalue weighted by atomic mass is 10.1. The smallest absolute Gasteiger partial charge is 0.225 e. The average Bonchev–Trinajstić information content (AvgIpc) is 3.03. The van der Waals surface area contributed by atoms with Crippen LogP contribution in [0.5, 0.6) is 0 Å². The molecule has 3 rings (SSSR count). The number of benzene rings is 2. The number of nitrogens with zero attached hydrogens (tertiary/aromatic N) is 1. The summed E-state index contributed by atoms with van der Waals surface area (Å²) in [5.74, 6) is -0.271. The molecule has 2 atom stereocenters. The van der Waals surface area contributed by atoms with Crippen LogP contribution >= 0.6 is 0 Å². The predicted molar refractivity (Wildman–Crippen MR) is 97.7 cm³/mol. The van der Waals surface area contributed by atoms with Gasteiger partial charge in [0.2, 0.25) is 11.8 Å². The molecule has 0 saturated carbocycles. The standard InChI is InChI=1S/C21H24N2O2/c1-15-8-10-17(11-9-15)13-22-21(25)19-12-20(24)23(14-19)16(2)18-6-4-3-5-7-18/h3-11,16,19H,12-14H2,1-2H3,(H,22,25). The third kappa shape index (κ3) is 4.08. The van der Waals surface area contributed by atoms with E-state index in [2.05, 4.69) is 5.32 Å². The summed E-state index contributed by atoms with van der Waals surface area (Å²) in [6.07, 6.45) is 0.289. The third-order valence-corrected chi connectivity index (χ3v) is 4.87. The minimum atomic E-state index is -0.274. The molecular weight excluding hydrogens is 312 g/mol. The Kier molecular flexibility index (Phi) is 5.17. The van der Waals surface area contributed by atoms with Crippen LogP contribution in [-0.2, 0) is 16.1 Å². The quantitative estimate of drug-likeness (QED) is 0.911. The number of aryl methyl sites for hydroxylation is 1. The molecule has 0 bridgehead atoms. The number of hydrogen-bond donors (Lipinski definition) is 1. The lowest BCUT2D eigenvalue weighted by Crippen LogP contribution is -2.33. The lowest BCUT2D eigenvalue weighted by molar-refractivity contribution is -0.130. The Hall–Kier alpha value is -2.62. The van der Waals surface area contributed by atoms with Crippen molar-refractivity contribution in [2.45, 2.75) is 32.9 Å². The van der Waals surface area contributed by atoms with E-state index in [0.717, 1.165) is 11.1 Å². The molecule has 25 heavy (non-hydrogen) atoms. The van der Waals surface area contributed by atoms with Gasteiger partial charge in [0.25, 0.3) is 0 Å². The van der Waals surface area contributed by atoms with Crippen molar-refractivity contribution in [2.24, 2.45) is 5.92 Å². The molecule has 0 radical (unpaired) electrons. The van der Waals surface area contributed by atoms with Gasteiger partial charge >= 0.3 is 0 Å². The summed E-state index contributed by atoms with van der Waals surface area (Å²) in [4.78, 5) is 26.6. The van der Waals surface area contributed by atoms with E-state index < -0.39 is 0 Å². The van der Waals surface area contributed by atoms with Gasteiger partial charge in [0.1, 0.15) is 0 Å². The number of carbonyl (C=O) groups is 2. The van der Waals surface area contributed by atoms with Crippen molar-refractivity contribution in [2.75, 3.05) is 6.54 Å². The topological polar surface area (TPSA) is 49.4 Å². The highest BCUT2D eigenvalue weighted by Crippen LogP contribution is 2.28. The van der Waals surface area contributed by atoms with Gasteiger partial charge in [0, 0.05) is 19.5 Å². The fourth-order valence-electron chi connectivity index (χ4n) is 3.23. The van der Waals surface area contributed by atoms with E-state index in [0.29, 0.717) is 13.1 Å². The van der Waals surface area contributed by atoms with Crippen LogP contribution in [0.2, 0.25) is 0 Å². The van der Waals surface area contributed by atoms with Crippen LogP contribution in [-0.4, -0.2) is 23.3 Å². The first-order chi connectivity index (χ1) is 12.0. The van der Waals surface area contributed by atoms with Crippen molar-refractivity contribution in [3.63, 3.8) is 0 Å². The monoisotopic (exact) mass is 336 g/mol. The maximum absolute atomic E-state index is 12.4. The molecule has 0 aliphatic carbocycles. The van der Waals surface area contributed by atoms with Crippen LogP contribution in [0.15, 0.2) is 54.6 Å². The first-order valence-corrected chi connectivity index (χ1v) is 8.72. The van der Waals surface area contributed by atoms with Gasteiger partial charge in [-0.05, 0) is 25.0 Å². The van der Waals surface area contributed by atoms with Crippen molar-refractivity contribution in [3.05, 3.63) is 71.3 Å². The van der Waals surface area contributed by atoms with E-state index in [1.807, 2.05) is 73.3 Å². The Morgan fingerprint density at radius 2 is 1.84 bits per heavy atom. The Balaban J connectivity index is 1.58. The van der Waals surface area contributed by atoms with E-state index >= 15 is 0 Å². The Morgan fingerprint density at radius 1 is 1.16 bits per heavy atom. The lowest BCUT2D eigenvalue weighted by Gasteiger charge is -2.25. The molecule has 2 aromatic rings. The highest BCUT2D eigenvalue weighted by atomic mass is 16.2. The minimum absolute atomic E-state index is 0.0106. The second-order valence-corrected chi connectivity index (χ2v) is 6.74. The summed E-state index contributed by atoms with van der Waals surface area (Å²) in [6, 6.07) is 18.0. The summed E-state index contributed by atoms with van der Waals surface area (Å²) >= 11 is 0. The summed E-state index contributed by atoms with van der Waals surface area (Å²) in [7, 11) is 0. The van der Waals surface area contributed by atoms with E-state index in [-0.39, 0.29) is 30.2 Å². The third-order valence-electron chi connectivity index (χ3n) is 4.87. The molecule has 1 fully saturated rings. The van der Waals surface area contributed by atoms with Gasteiger partial charge in [0.15, 0.2) is 0 Å². The van der Waals surface area contributed by atoms with Crippen molar-refractivity contribution in [3.8, 4) is 0 Å². The molecule has 0 spiro atoms. The van der Waals surface area contributed by atoms with E-state index in [4.69, 9.17) is 0 Å². The predicted octanol–water partition coefficient (Wildman–Crippen LogP) is 3.22. The second-order valence-electron chi connectivity index (χ2n) is 6.74. The Bertz CT molecular complexity index is 740. The molecule has 2 amide bonds. The molecular formula is C21H24N2O2. The fraction of sp³-hybridized carbons (Fsp3) is 0.333. The van der Waals surface area contributed by atoms with Crippen molar-refractivity contribution in [1.29, 1.82) is 0 Å². The number of nitrogens with one attached hydrogen (secondary N) is 1. The number of rotatable bonds is 5. The maximum Gasteiger partial charge on any atom is 0.225 e. The van der Waals surface area contributed by atoms with Gasteiger partial charge < -0.3 is 10.2 Å². The number of amides is 2. The van der Waals surface area contributed by atoms with Gasteiger partial charge in [-0.2, -0.15) is 0 Å². The summed E-state index contributed by atoms with van der Waals surface area (Å²) < 4.78 is 0. The summed E-state index contributed by atoms with van der Waals surface area (Å²) in [5.41, 5.74) is 3.36. The van der Waals surface area contributed by atoms with Crippen molar-refractivity contribution < 1.29 is 9.59 Å². The number of carbonyl (C=O) groups excluding carboxylic acids is 2. The molecule has 1 N–H and O–H groups in total. The number of hydrogen-bond acceptors (Lipinski definition) is 2. The number of likely N-dealkylation sites (tertiary alicyclic amines) is 1. The normalized spacial score (nSPS) is 18.2. The molecule has 4 heteroatoms. The van der Waals surface area contributed by atoms with E-state index in [1.165, 1.54) is 5.56 Å². The summed E-state index contributed by atoms with van der Waals surface area (Å²) in [5, 5.41) is 2.96. The van der Waals surface area contributed by atoms with Gasteiger partial charge in [-0.25, -0.2) is 0 Å². The van der Waals surface area contributed by atoms with Crippen LogP contribution < -0.4 is 5.32 Å². The SMILES string of the molecule is Cc1ccc(CNC(=O)C2CC(=O)N(C(C)c3ccccc3)C2)cc1. The average molecular weight is 336 g/mol.